The van der Waals surface area contributed by atoms with Crippen LogP contribution < -0.4 is 5.32 Å². The second kappa shape index (κ2) is 8.71. The number of nitrogens with one attached hydrogen (secondary N) is 1. The largest absolute Gasteiger partial charge is 0.349 e. The molecule has 1 aliphatic heterocycles. The van der Waals surface area contributed by atoms with E-state index in [4.69, 9.17) is 0 Å². The molecule has 3 nitrogen and oxygen atoms in total. The quantitative estimate of drug-likeness (QED) is 0.834. The Kier molecular flexibility index (Phi) is 6.33. The van der Waals surface area contributed by atoms with E-state index < -0.39 is 0 Å². The first-order valence-corrected chi connectivity index (χ1v) is 10.1. The topological polar surface area (TPSA) is 32.3 Å². The second-order valence-electron chi connectivity index (χ2n) is 8.05. The van der Waals surface area contributed by atoms with Crippen molar-refractivity contribution in [3.8, 4) is 0 Å². The third-order valence-corrected chi connectivity index (χ3v) is 6.00. The van der Waals surface area contributed by atoms with Gasteiger partial charge in [-0.15, -0.1) is 0 Å². The van der Waals surface area contributed by atoms with Crippen molar-refractivity contribution in [2.45, 2.75) is 53.1 Å². The highest BCUT2D eigenvalue weighted by atomic mass is 16.1. The van der Waals surface area contributed by atoms with Crippen LogP contribution in [0.25, 0.3) is 0 Å². The van der Waals surface area contributed by atoms with Crippen LogP contribution in [0.3, 0.4) is 0 Å². The van der Waals surface area contributed by atoms with Gasteiger partial charge in [0.05, 0.1) is 6.04 Å². The molecule has 0 aliphatic carbocycles. The van der Waals surface area contributed by atoms with Crippen LogP contribution in [0.2, 0.25) is 0 Å². The number of carbonyl (C=O) groups is 1. The molecule has 2 aromatic carbocycles. The van der Waals surface area contributed by atoms with Crippen molar-refractivity contribution in [3.63, 3.8) is 0 Å². The van der Waals surface area contributed by atoms with E-state index in [-0.39, 0.29) is 17.9 Å². The van der Waals surface area contributed by atoms with E-state index in [0.717, 1.165) is 32.5 Å². The summed E-state index contributed by atoms with van der Waals surface area (Å²) in [6.45, 7) is 11.5. The third-order valence-electron chi connectivity index (χ3n) is 6.00. The van der Waals surface area contributed by atoms with Crippen molar-refractivity contribution in [1.82, 2.24) is 10.2 Å². The lowest BCUT2D eigenvalue weighted by atomic mass is 9.94. The molecule has 1 amide bonds. The molecule has 1 atom stereocenters. The highest BCUT2D eigenvalue weighted by Gasteiger charge is 2.26. The predicted molar refractivity (Wildman–Crippen MR) is 112 cm³/mol. The SMILES string of the molecule is Cc1ccc([C@@H](C)NC(=O)C2CCN(Cc3ccccc3C)CC2)cc1C. The summed E-state index contributed by atoms with van der Waals surface area (Å²) in [5.74, 6) is 0.336. The van der Waals surface area contributed by atoms with Gasteiger partial charge < -0.3 is 5.32 Å². The van der Waals surface area contributed by atoms with Crippen LogP contribution in [0, 0.1) is 26.7 Å². The number of hydrogen-bond donors (Lipinski definition) is 1. The summed E-state index contributed by atoms with van der Waals surface area (Å²) >= 11 is 0. The molecule has 2 aromatic rings. The van der Waals surface area contributed by atoms with E-state index in [1.807, 2.05) is 0 Å². The molecule has 0 radical (unpaired) electrons. The lowest BCUT2D eigenvalue weighted by molar-refractivity contribution is -0.127. The maximum atomic E-state index is 12.7. The molecule has 1 heterocycles. The van der Waals surface area contributed by atoms with Crippen LogP contribution in [-0.2, 0) is 11.3 Å². The minimum absolute atomic E-state index is 0.0572. The minimum Gasteiger partial charge on any atom is -0.349 e. The average Bonchev–Trinajstić information content (AvgIpc) is 2.66. The van der Waals surface area contributed by atoms with Gasteiger partial charge in [-0.3, -0.25) is 9.69 Å². The molecule has 0 unspecified atom stereocenters. The summed E-state index contributed by atoms with van der Waals surface area (Å²) in [7, 11) is 0. The number of carbonyl (C=O) groups excluding carboxylic acids is 1. The number of benzene rings is 2. The average molecular weight is 365 g/mol. The van der Waals surface area contributed by atoms with E-state index >= 15 is 0 Å². The van der Waals surface area contributed by atoms with Crippen LogP contribution in [0.15, 0.2) is 42.5 Å². The number of likely N-dealkylation sites (tertiary alicyclic amines) is 1. The predicted octanol–water partition coefficient (Wildman–Crippen LogP) is 4.70. The van der Waals surface area contributed by atoms with Crippen molar-refractivity contribution in [2.75, 3.05) is 13.1 Å². The smallest absolute Gasteiger partial charge is 0.223 e. The Bertz CT molecular complexity index is 791. The van der Waals surface area contributed by atoms with E-state index in [1.54, 1.807) is 0 Å². The number of hydrogen-bond acceptors (Lipinski definition) is 2. The molecule has 3 rings (SSSR count). The van der Waals surface area contributed by atoms with Crippen molar-refractivity contribution in [2.24, 2.45) is 5.92 Å². The second-order valence-corrected chi connectivity index (χ2v) is 8.05. The van der Waals surface area contributed by atoms with Gasteiger partial charge >= 0.3 is 0 Å². The van der Waals surface area contributed by atoms with E-state index in [9.17, 15) is 4.79 Å². The maximum Gasteiger partial charge on any atom is 0.223 e. The third kappa shape index (κ3) is 4.98. The summed E-state index contributed by atoms with van der Waals surface area (Å²) < 4.78 is 0. The van der Waals surface area contributed by atoms with Gasteiger partial charge in [0, 0.05) is 12.5 Å². The highest BCUT2D eigenvalue weighted by molar-refractivity contribution is 5.79. The molecule has 144 valence electrons. The molecule has 1 aliphatic rings. The monoisotopic (exact) mass is 364 g/mol. The van der Waals surface area contributed by atoms with Gasteiger partial charge in [-0.05, 0) is 81.4 Å². The fourth-order valence-electron chi connectivity index (χ4n) is 3.83. The fourth-order valence-corrected chi connectivity index (χ4v) is 3.83. The van der Waals surface area contributed by atoms with Crippen LogP contribution in [-0.4, -0.2) is 23.9 Å². The Labute approximate surface area is 163 Å². The van der Waals surface area contributed by atoms with Gasteiger partial charge in [0.2, 0.25) is 5.91 Å². The van der Waals surface area contributed by atoms with Crippen LogP contribution in [0.1, 0.15) is 53.6 Å². The summed E-state index contributed by atoms with van der Waals surface area (Å²) in [5.41, 5.74) is 6.49. The Hall–Kier alpha value is -2.13. The van der Waals surface area contributed by atoms with Crippen molar-refractivity contribution in [3.05, 3.63) is 70.3 Å². The van der Waals surface area contributed by atoms with Gasteiger partial charge in [0.25, 0.3) is 0 Å². The van der Waals surface area contributed by atoms with E-state index in [2.05, 4.69) is 80.4 Å². The lowest BCUT2D eigenvalue weighted by Crippen LogP contribution is -2.41. The molecular weight excluding hydrogens is 332 g/mol. The van der Waals surface area contributed by atoms with Crippen molar-refractivity contribution in [1.29, 1.82) is 0 Å². The maximum absolute atomic E-state index is 12.7. The summed E-state index contributed by atoms with van der Waals surface area (Å²) in [6, 6.07) is 15.1. The van der Waals surface area contributed by atoms with Crippen LogP contribution >= 0.6 is 0 Å². The van der Waals surface area contributed by atoms with Crippen molar-refractivity contribution >= 4 is 5.91 Å². The molecule has 1 fully saturated rings. The molecule has 1 N–H and O–H groups in total. The number of rotatable bonds is 5. The molecule has 27 heavy (non-hydrogen) atoms. The van der Waals surface area contributed by atoms with Crippen molar-refractivity contribution < 1.29 is 4.79 Å². The fraction of sp³-hybridized carbons (Fsp3) is 0.458. The van der Waals surface area contributed by atoms with Gasteiger partial charge in [-0.2, -0.15) is 0 Å². The molecule has 3 heteroatoms. The van der Waals surface area contributed by atoms with Crippen LogP contribution in [0.5, 0.6) is 0 Å². The number of nitrogens with zero attached hydrogens (tertiary/aromatic N) is 1. The van der Waals surface area contributed by atoms with Gasteiger partial charge in [-0.25, -0.2) is 0 Å². The van der Waals surface area contributed by atoms with E-state index in [1.165, 1.54) is 27.8 Å². The molecule has 1 saturated heterocycles. The molecule has 0 bridgehead atoms. The molecular formula is C24H32N2O. The minimum atomic E-state index is 0.0572. The Morgan fingerprint density at radius 2 is 1.74 bits per heavy atom. The number of aryl methyl sites for hydroxylation is 3. The summed E-state index contributed by atoms with van der Waals surface area (Å²) in [4.78, 5) is 15.2. The Morgan fingerprint density at radius 3 is 2.41 bits per heavy atom. The standard InChI is InChI=1S/C24H32N2O/c1-17-9-10-22(15-19(17)3)20(4)25-24(27)21-11-13-26(14-12-21)16-23-8-6-5-7-18(23)2/h5-10,15,20-21H,11-14,16H2,1-4H3,(H,25,27)/t20-/m1/s1. The summed E-state index contributed by atoms with van der Waals surface area (Å²) in [6.07, 6.45) is 1.88. The number of piperidine rings is 1. The molecule has 0 spiro atoms. The van der Waals surface area contributed by atoms with Crippen LogP contribution in [0.4, 0.5) is 0 Å². The first-order valence-electron chi connectivity index (χ1n) is 10.1. The van der Waals surface area contributed by atoms with Gasteiger partial charge in [0.15, 0.2) is 0 Å². The number of amides is 1. The van der Waals surface area contributed by atoms with Gasteiger partial charge in [-0.1, -0.05) is 42.5 Å². The zero-order valence-corrected chi connectivity index (χ0v) is 17.1. The highest BCUT2D eigenvalue weighted by Crippen LogP contribution is 2.22. The molecule has 0 saturated carbocycles. The Morgan fingerprint density at radius 1 is 1.04 bits per heavy atom. The normalized spacial score (nSPS) is 16.9. The Balaban J connectivity index is 1.51. The van der Waals surface area contributed by atoms with Gasteiger partial charge in [0.1, 0.15) is 0 Å². The zero-order chi connectivity index (χ0) is 19.4. The first kappa shape index (κ1) is 19.6. The molecule has 0 aromatic heterocycles. The van der Waals surface area contributed by atoms with E-state index in [0.29, 0.717) is 0 Å². The summed E-state index contributed by atoms with van der Waals surface area (Å²) in [5, 5.41) is 3.23. The lowest BCUT2D eigenvalue weighted by Gasteiger charge is -2.32. The zero-order valence-electron chi connectivity index (χ0n) is 17.1. The first-order chi connectivity index (χ1) is 12.9.